The van der Waals surface area contributed by atoms with Crippen molar-refractivity contribution >= 4 is 15.9 Å². The highest BCUT2D eigenvalue weighted by Crippen LogP contribution is 2.12. The maximum absolute atomic E-state index is 4.40. The van der Waals surface area contributed by atoms with Crippen molar-refractivity contribution in [2.24, 2.45) is 0 Å². The van der Waals surface area contributed by atoms with Gasteiger partial charge in [0.2, 0.25) is 0 Å². The molecule has 17 heavy (non-hydrogen) atoms. The van der Waals surface area contributed by atoms with Crippen molar-refractivity contribution in [3.63, 3.8) is 0 Å². The van der Waals surface area contributed by atoms with Gasteiger partial charge in [-0.3, -0.25) is 4.68 Å². The molecule has 0 amide bonds. The van der Waals surface area contributed by atoms with Crippen LogP contribution in [0.1, 0.15) is 23.2 Å². The molecule has 0 aliphatic carbocycles. The molecular formula is C14H17BrN2. The molecule has 0 spiro atoms. The zero-order chi connectivity index (χ0) is 12.1. The van der Waals surface area contributed by atoms with Crippen LogP contribution in [0, 0.1) is 6.92 Å². The quantitative estimate of drug-likeness (QED) is 0.768. The molecule has 0 saturated heterocycles. The summed E-state index contributed by atoms with van der Waals surface area (Å²) in [5, 5.41) is 5.29. The Hall–Kier alpha value is -1.09. The topological polar surface area (TPSA) is 17.8 Å². The maximum Gasteiger partial charge on any atom is 0.0533 e. The molecule has 1 aromatic heterocycles. The summed E-state index contributed by atoms with van der Waals surface area (Å²) in [6, 6.07) is 10.6. The first-order valence-corrected chi connectivity index (χ1v) is 7.04. The second kappa shape index (κ2) is 6.01. The number of nitrogens with zero attached hydrogens (tertiary/aromatic N) is 2. The van der Waals surface area contributed by atoms with Crippen LogP contribution in [0.25, 0.3) is 0 Å². The lowest BCUT2D eigenvalue weighted by Gasteiger charge is -2.05. The fourth-order valence-corrected chi connectivity index (χ4v) is 2.47. The van der Waals surface area contributed by atoms with E-state index in [1.54, 1.807) is 0 Å². The predicted molar refractivity (Wildman–Crippen MR) is 74.4 cm³/mol. The molecule has 1 aromatic carbocycles. The minimum atomic E-state index is 0.886. The SMILES string of the molecule is Cc1c(CBr)cnn1CCCc1ccccc1. The minimum absolute atomic E-state index is 0.886. The molecule has 0 radical (unpaired) electrons. The maximum atomic E-state index is 4.40. The number of rotatable bonds is 5. The summed E-state index contributed by atoms with van der Waals surface area (Å²) in [6.45, 7) is 3.12. The van der Waals surface area contributed by atoms with Crippen molar-refractivity contribution in [3.05, 3.63) is 53.3 Å². The van der Waals surface area contributed by atoms with Crippen LogP contribution in [0.15, 0.2) is 36.5 Å². The van der Waals surface area contributed by atoms with Crippen LogP contribution in [-0.4, -0.2) is 9.78 Å². The minimum Gasteiger partial charge on any atom is -0.270 e. The second-order valence-electron chi connectivity index (χ2n) is 4.20. The van der Waals surface area contributed by atoms with E-state index in [1.165, 1.54) is 16.8 Å². The molecule has 2 nitrogen and oxygen atoms in total. The van der Waals surface area contributed by atoms with Gasteiger partial charge in [0, 0.05) is 23.1 Å². The van der Waals surface area contributed by atoms with E-state index in [9.17, 15) is 0 Å². The van der Waals surface area contributed by atoms with Crippen molar-refractivity contribution in [2.75, 3.05) is 0 Å². The molecule has 0 atom stereocenters. The van der Waals surface area contributed by atoms with E-state index in [2.05, 4.69) is 63.0 Å². The van der Waals surface area contributed by atoms with Crippen molar-refractivity contribution in [1.82, 2.24) is 9.78 Å². The Labute approximate surface area is 111 Å². The smallest absolute Gasteiger partial charge is 0.0533 e. The van der Waals surface area contributed by atoms with Crippen molar-refractivity contribution in [2.45, 2.75) is 31.6 Å². The Morgan fingerprint density at radius 3 is 2.65 bits per heavy atom. The van der Waals surface area contributed by atoms with Crippen LogP contribution in [0.3, 0.4) is 0 Å². The van der Waals surface area contributed by atoms with Gasteiger partial charge in [0.05, 0.1) is 6.20 Å². The second-order valence-corrected chi connectivity index (χ2v) is 4.76. The molecule has 0 saturated carbocycles. The highest BCUT2D eigenvalue weighted by molar-refractivity contribution is 9.08. The zero-order valence-corrected chi connectivity index (χ0v) is 11.7. The third-order valence-electron chi connectivity index (χ3n) is 3.03. The Morgan fingerprint density at radius 1 is 1.24 bits per heavy atom. The van der Waals surface area contributed by atoms with E-state index in [1.807, 2.05) is 6.20 Å². The molecule has 0 aliphatic heterocycles. The van der Waals surface area contributed by atoms with Gasteiger partial charge in [-0.15, -0.1) is 0 Å². The molecule has 2 aromatic rings. The number of halogens is 1. The van der Waals surface area contributed by atoms with Gasteiger partial charge in [-0.2, -0.15) is 5.10 Å². The Kier molecular flexibility index (Phi) is 4.37. The number of aromatic nitrogens is 2. The fourth-order valence-electron chi connectivity index (χ4n) is 1.92. The lowest BCUT2D eigenvalue weighted by atomic mass is 10.1. The summed E-state index contributed by atoms with van der Waals surface area (Å²) >= 11 is 3.47. The number of hydrogen-bond donors (Lipinski definition) is 0. The molecule has 0 unspecified atom stereocenters. The first-order chi connectivity index (χ1) is 8.31. The largest absolute Gasteiger partial charge is 0.270 e. The molecule has 3 heteroatoms. The summed E-state index contributed by atoms with van der Waals surface area (Å²) in [5.74, 6) is 0. The predicted octanol–water partition coefficient (Wildman–Crippen LogP) is 3.72. The van der Waals surface area contributed by atoms with Crippen LogP contribution in [-0.2, 0) is 18.3 Å². The zero-order valence-electron chi connectivity index (χ0n) is 10.1. The van der Waals surface area contributed by atoms with Crippen LogP contribution >= 0.6 is 15.9 Å². The number of alkyl halides is 1. The molecule has 0 aliphatic rings. The van der Waals surface area contributed by atoms with Gasteiger partial charge in [-0.25, -0.2) is 0 Å². The van der Waals surface area contributed by atoms with Gasteiger partial charge in [0.25, 0.3) is 0 Å². The van der Waals surface area contributed by atoms with E-state index < -0.39 is 0 Å². The molecule has 2 rings (SSSR count). The summed E-state index contributed by atoms with van der Waals surface area (Å²) in [4.78, 5) is 0. The molecule has 0 bridgehead atoms. The first kappa shape index (κ1) is 12.4. The van der Waals surface area contributed by atoms with Crippen LogP contribution in [0.4, 0.5) is 0 Å². The van der Waals surface area contributed by atoms with Gasteiger partial charge in [-0.1, -0.05) is 46.3 Å². The summed E-state index contributed by atoms with van der Waals surface area (Å²) in [5.41, 5.74) is 3.96. The third kappa shape index (κ3) is 3.19. The lowest BCUT2D eigenvalue weighted by Crippen LogP contribution is -2.03. The van der Waals surface area contributed by atoms with Gasteiger partial charge in [0.15, 0.2) is 0 Å². The van der Waals surface area contributed by atoms with Gasteiger partial charge in [-0.05, 0) is 25.3 Å². The first-order valence-electron chi connectivity index (χ1n) is 5.92. The van der Waals surface area contributed by atoms with Crippen molar-refractivity contribution in [3.8, 4) is 0 Å². The highest BCUT2D eigenvalue weighted by Gasteiger charge is 2.04. The highest BCUT2D eigenvalue weighted by atomic mass is 79.9. The Morgan fingerprint density at radius 2 is 2.00 bits per heavy atom. The number of benzene rings is 1. The molecule has 1 heterocycles. The average Bonchev–Trinajstić information content (AvgIpc) is 2.72. The Balaban J connectivity index is 1.88. The monoisotopic (exact) mass is 292 g/mol. The van der Waals surface area contributed by atoms with Gasteiger partial charge < -0.3 is 0 Å². The normalized spacial score (nSPS) is 10.7. The van der Waals surface area contributed by atoms with E-state index in [-0.39, 0.29) is 0 Å². The van der Waals surface area contributed by atoms with E-state index >= 15 is 0 Å². The number of hydrogen-bond acceptors (Lipinski definition) is 1. The molecular weight excluding hydrogens is 276 g/mol. The number of aryl methyl sites for hydroxylation is 2. The van der Waals surface area contributed by atoms with Gasteiger partial charge in [0.1, 0.15) is 0 Å². The lowest BCUT2D eigenvalue weighted by molar-refractivity contribution is 0.565. The van der Waals surface area contributed by atoms with Gasteiger partial charge >= 0.3 is 0 Å². The molecule has 0 fully saturated rings. The summed E-state index contributed by atoms with van der Waals surface area (Å²) < 4.78 is 2.10. The standard InChI is InChI=1S/C14H17BrN2/c1-12-14(10-15)11-16-17(12)9-5-8-13-6-3-2-4-7-13/h2-4,6-7,11H,5,8-10H2,1H3. The van der Waals surface area contributed by atoms with E-state index in [0.29, 0.717) is 0 Å². The van der Waals surface area contributed by atoms with Crippen LogP contribution in [0.2, 0.25) is 0 Å². The third-order valence-corrected chi connectivity index (χ3v) is 3.63. The van der Waals surface area contributed by atoms with Crippen LogP contribution in [0.5, 0.6) is 0 Å². The molecule has 0 N–H and O–H groups in total. The fraction of sp³-hybridized carbons (Fsp3) is 0.357. The summed E-state index contributed by atoms with van der Waals surface area (Å²) in [6.07, 6.45) is 4.20. The van der Waals surface area contributed by atoms with Crippen molar-refractivity contribution < 1.29 is 0 Å². The van der Waals surface area contributed by atoms with Crippen molar-refractivity contribution in [1.29, 1.82) is 0 Å². The molecule has 90 valence electrons. The van der Waals surface area contributed by atoms with E-state index in [0.717, 1.165) is 24.7 Å². The van der Waals surface area contributed by atoms with Crippen LogP contribution < -0.4 is 0 Å². The summed E-state index contributed by atoms with van der Waals surface area (Å²) in [7, 11) is 0. The average molecular weight is 293 g/mol. The Bertz CT molecular complexity index is 462. The van der Waals surface area contributed by atoms with E-state index in [4.69, 9.17) is 0 Å².